The van der Waals surface area contributed by atoms with Crippen molar-refractivity contribution in [3.63, 3.8) is 0 Å². The van der Waals surface area contributed by atoms with Crippen molar-refractivity contribution in [2.45, 2.75) is 6.92 Å². The van der Waals surface area contributed by atoms with Gasteiger partial charge in [-0.25, -0.2) is 4.98 Å². The summed E-state index contributed by atoms with van der Waals surface area (Å²) >= 11 is 0. The van der Waals surface area contributed by atoms with Crippen molar-refractivity contribution < 1.29 is 0 Å². The zero-order valence-corrected chi connectivity index (χ0v) is 11.1. The maximum atomic E-state index is 4.31. The molecule has 4 nitrogen and oxygen atoms in total. The van der Waals surface area contributed by atoms with Gasteiger partial charge in [0, 0.05) is 5.69 Å². The number of imidazole rings is 1. The van der Waals surface area contributed by atoms with E-state index in [-0.39, 0.29) is 0 Å². The topological polar surface area (TPSA) is 42.5 Å². The molecule has 98 valence electrons. The van der Waals surface area contributed by atoms with Crippen LogP contribution in [0.1, 0.15) is 5.69 Å². The Bertz CT molecular complexity index is 715. The minimum atomic E-state index is 0.637. The van der Waals surface area contributed by atoms with Crippen LogP contribution >= 0.6 is 0 Å². The Morgan fingerprint density at radius 2 is 1.50 bits per heavy atom. The largest absolute Gasteiger partial charge is 0.301 e. The highest BCUT2D eigenvalue weighted by atomic mass is 15.2. The number of azo groups is 1. The monoisotopic (exact) mass is 262 g/mol. The van der Waals surface area contributed by atoms with Gasteiger partial charge >= 0.3 is 0 Å². The average Bonchev–Trinajstić information content (AvgIpc) is 2.88. The third-order valence-corrected chi connectivity index (χ3v) is 3.03. The quantitative estimate of drug-likeness (QED) is 0.636. The lowest BCUT2D eigenvalue weighted by Crippen LogP contribution is -1.93. The van der Waals surface area contributed by atoms with Crippen LogP contribution in [-0.2, 0) is 0 Å². The van der Waals surface area contributed by atoms with Gasteiger partial charge in [0.05, 0.1) is 11.4 Å². The van der Waals surface area contributed by atoms with Gasteiger partial charge in [-0.15, -0.1) is 10.2 Å². The van der Waals surface area contributed by atoms with Crippen LogP contribution in [0.4, 0.5) is 11.5 Å². The van der Waals surface area contributed by atoms with Crippen LogP contribution in [-0.4, -0.2) is 9.55 Å². The molecule has 0 saturated heterocycles. The normalized spacial score (nSPS) is 11.1. The first-order valence-electron chi connectivity index (χ1n) is 6.41. The minimum Gasteiger partial charge on any atom is -0.301 e. The lowest BCUT2D eigenvalue weighted by Gasteiger charge is -2.03. The van der Waals surface area contributed by atoms with Crippen molar-refractivity contribution >= 4 is 11.5 Å². The third kappa shape index (κ3) is 2.49. The first-order chi connectivity index (χ1) is 9.84. The molecule has 0 unspecified atom stereocenters. The fourth-order valence-electron chi connectivity index (χ4n) is 1.95. The van der Waals surface area contributed by atoms with E-state index in [9.17, 15) is 0 Å². The van der Waals surface area contributed by atoms with Crippen molar-refractivity contribution in [2.24, 2.45) is 10.2 Å². The second kappa shape index (κ2) is 5.48. The lowest BCUT2D eigenvalue weighted by atomic mass is 10.3. The van der Waals surface area contributed by atoms with Gasteiger partial charge in [0.2, 0.25) is 0 Å². The van der Waals surface area contributed by atoms with Crippen molar-refractivity contribution in [3.8, 4) is 5.69 Å². The van der Waals surface area contributed by atoms with Crippen LogP contribution in [0, 0.1) is 6.92 Å². The molecule has 3 rings (SSSR count). The Morgan fingerprint density at radius 3 is 2.20 bits per heavy atom. The molecule has 0 spiro atoms. The summed E-state index contributed by atoms with van der Waals surface area (Å²) in [4.78, 5) is 4.31. The first kappa shape index (κ1) is 12.3. The summed E-state index contributed by atoms with van der Waals surface area (Å²) < 4.78 is 2.00. The number of nitrogens with zero attached hydrogens (tertiary/aromatic N) is 4. The fraction of sp³-hybridized carbons (Fsp3) is 0.0625. The van der Waals surface area contributed by atoms with Gasteiger partial charge in [-0.3, -0.25) is 0 Å². The molecule has 0 aliphatic heterocycles. The smallest absolute Gasteiger partial charge is 0.195 e. The number of benzene rings is 2. The summed E-state index contributed by atoms with van der Waals surface area (Å²) in [6, 6.07) is 19.7. The highest BCUT2D eigenvalue weighted by Gasteiger charge is 2.06. The van der Waals surface area contributed by atoms with Crippen LogP contribution in [0.2, 0.25) is 0 Å². The van der Waals surface area contributed by atoms with Crippen LogP contribution in [0.15, 0.2) is 77.2 Å². The highest BCUT2D eigenvalue weighted by Crippen LogP contribution is 2.22. The molecule has 0 bridgehead atoms. The molecule has 2 aromatic carbocycles. The second-order valence-electron chi connectivity index (χ2n) is 4.39. The molecular weight excluding hydrogens is 248 g/mol. The fourth-order valence-corrected chi connectivity index (χ4v) is 1.95. The highest BCUT2D eigenvalue weighted by molar-refractivity contribution is 5.42. The maximum Gasteiger partial charge on any atom is 0.195 e. The number of para-hydroxylation sites is 1. The Hall–Kier alpha value is -2.75. The van der Waals surface area contributed by atoms with Gasteiger partial charge in [-0.2, -0.15) is 0 Å². The van der Waals surface area contributed by atoms with Crippen LogP contribution in [0.3, 0.4) is 0 Å². The molecule has 20 heavy (non-hydrogen) atoms. The van der Waals surface area contributed by atoms with Gasteiger partial charge in [0.25, 0.3) is 0 Å². The Balaban J connectivity index is 1.90. The van der Waals surface area contributed by atoms with E-state index in [0.717, 1.165) is 17.1 Å². The Kier molecular flexibility index (Phi) is 3.37. The second-order valence-corrected chi connectivity index (χ2v) is 4.39. The van der Waals surface area contributed by atoms with Gasteiger partial charge in [-0.05, 0) is 31.2 Å². The van der Waals surface area contributed by atoms with Crippen molar-refractivity contribution in [1.82, 2.24) is 9.55 Å². The maximum absolute atomic E-state index is 4.31. The van der Waals surface area contributed by atoms with Crippen molar-refractivity contribution in [1.29, 1.82) is 0 Å². The van der Waals surface area contributed by atoms with E-state index in [1.54, 1.807) is 6.33 Å². The zero-order valence-electron chi connectivity index (χ0n) is 11.1. The number of hydrogen-bond donors (Lipinski definition) is 0. The molecule has 0 fully saturated rings. The minimum absolute atomic E-state index is 0.637. The summed E-state index contributed by atoms with van der Waals surface area (Å²) in [5.74, 6) is 0.637. The zero-order chi connectivity index (χ0) is 13.8. The van der Waals surface area contributed by atoms with Gasteiger partial charge in [-0.1, -0.05) is 36.4 Å². The summed E-state index contributed by atoms with van der Waals surface area (Å²) in [5, 5.41) is 8.41. The molecule has 4 heteroatoms. The van der Waals surface area contributed by atoms with Crippen LogP contribution in [0.5, 0.6) is 0 Å². The first-order valence-corrected chi connectivity index (χ1v) is 6.41. The molecule has 0 N–H and O–H groups in total. The van der Waals surface area contributed by atoms with Crippen molar-refractivity contribution in [2.75, 3.05) is 0 Å². The van der Waals surface area contributed by atoms with Crippen LogP contribution in [0.25, 0.3) is 5.69 Å². The summed E-state index contributed by atoms with van der Waals surface area (Å²) in [7, 11) is 0. The Morgan fingerprint density at radius 1 is 0.850 bits per heavy atom. The van der Waals surface area contributed by atoms with E-state index in [1.807, 2.05) is 72.2 Å². The molecule has 1 heterocycles. The van der Waals surface area contributed by atoms with Gasteiger partial charge in [0.1, 0.15) is 6.33 Å². The Labute approximate surface area is 117 Å². The third-order valence-electron chi connectivity index (χ3n) is 3.03. The van der Waals surface area contributed by atoms with E-state index < -0.39 is 0 Å². The molecule has 0 radical (unpaired) electrons. The molecular formula is C16H14N4. The summed E-state index contributed by atoms with van der Waals surface area (Å²) in [6.07, 6.45) is 1.77. The summed E-state index contributed by atoms with van der Waals surface area (Å²) in [6.45, 7) is 1.99. The average molecular weight is 262 g/mol. The van der Waals surface area contributed by atoms with E-state index >= 15 is 0 Å². The van der Waals surface area contributed by atoms with E-state index in [0.29, 0.717) is 5.82 Å². The van der Waals surface area contributed by atoms with Crippen LogP contribution < -0.4 is 0 Å². The molecule has 3 aromatic rings. The predicted octanol–water partition coefficient (Wildman–Crippen LogP) is 4.60. The van der Waals surface area contributed by atoms with E-state index in [2.05, 4.69) is 15.2 Å². The number of rotatable bonds is 3. The SMILES string of the molecule is Cc1c(N=Nc2ccccc2)ncn1-c1ccccc1. The number of hydrogen-bond acceptors (Lipinski definition) is 3. The van der Waals surface area contributed by atoms with Gasteiger partial charge < -0.3 is 4.57 Å². The molecule has 0 saturated carbocycles. The van der Waals surface area contributed by atoms with E-state index in [4.69, 9.17) is 0 Å². The van der Waals surface area contributed by atoms with Gasteiger partial charge in [0.15, 0.2) is 5.82 Å². The molecule has 0 atom stereocenters. The molecule has 0 aliphatic rings. The van der Waals surface area contributed by atoms with E-state index in [1.165, 1.54) is 0 Å². The summed E-state index contributed by atoms with van der Waals surface area (Å²) in [5.41, 5.74) is 2.86. The lowest BCUT2D eigenvalue weighted by molar-refractivity contribution is 1.00. The van der Waals surface area contributed by atoms with Crippen molar-refractivity contribution in [3.05, 3.63) is 72.7 Å². The number of aromatic nitrogens is 2. The molecule has 1 aromatic heterocycles. The predicted molar refractivity (Wildman–Crippen MR) is 78.9 cm³/mol. The standard InChI is InChI=1S/C16H14N4/c1-13-16(19-18-14-8-4-2-5-9-14)17-12-20(13)15-10-6-3-7-11-15/h2-12H,1H3. The molecule has 0 amide bonds. The molecule has 0 aliphatic carbocycles.